The molecule has 1 aromatic heterocycles. The number of aromatic nitrogens is 1. The van der Waals surface area contributed by atoms with Gasteiger partial charge in [0.15, 0.2) is 0 Å². The van der Waals surface area contributed by atoms with Crippen LogP contribution in [0.25, 0.3) is 10.9 Å². The van der Waals surface area contributed by atoms with Crippen molar-refractivity contribution in [3.05, 3.63) is 90.6 Å². The number of hydrogen-bond acceptors (Lipinski definition) is 2. The number of halogens is 1. The highest BCUT2D eigenvalue weighted by molar-refractivity contribution is 5.85. The molecule has 4 unspecified atom stereocenters. The zero-order chi connectivity index (χ0) is 19.8. The van der Waals surface area contributed by atoms with Crippen molar-refractivity contribution in [3.8, 4) is 0 Å². The number of pyridine rings is 1. The number of aliphatic hydroxyl groups excluding tert-OH is 1. The Morgan fingerprint density at radius 2 is 1.87 bits per heavy atom. The first-order valence-corrected chi connectivity index (χ1v) is 10.7. The first-order valence-electron chi connectivity index (χ1n) is 10.7. The highest BCUT2D eigenvalue weighted by Gasteiger charge is 2.53. The third-order valence-corrected chi connectivity index (χ3v) is 7.38. The number of hydrogen-bond donors (Lipinski definition) is 1. The molecule has 2 aromatic carbocycles. The molecule has 3 saturated heterocycles. The molecule has 0 radical (unpaired) electrons. The molecule has 3 aromatic rings. The predicted octanol–water partition coefficient (Wildman–Crippen LogP) is 5.30. The molecule has 5 atom stereocenters. The average Bonchev–Trinajstić information content (AvgIpc) is 2.78. The molecule has 1 N–H and O–H groups in total. The molecule has 156 valence electrons. The van der Waals surface area contributed by atoms with E-state index in [-0.39, 0.29) is 18.4 Å². The van der Waals surface area contributed by atoms with Crippen molar-refractivity contribution in [1.82, 2.24) is 4.98 Å². The van der Waals surface area contributed by atoms with E-state index in [1.807, 2.05) is 30.5 Å². The van der Waals surface area contributed by atoms with Crippen molar-refractivity contribution in [2.45, 2.75) is 31.5 Å². The van der Waals surface area contributed by atoms with E-state index in [0.717, 1.165) is 47.0 Å². The van der Waals surface area contributed by atoms with Crippen LogP contribution in [0.5, 0.6) is 0 Å². The topological polar surface area (TPSA) is 33.1 Å². The van der Waals surface area contributed by atoms with Crippen molar-refractivity contribution in [3.63, 3.8) is 0 Å². The van der Waals surface area contributed by atoms with E-state index in [1.165, 1.54) is 12.0 Å². The second-order valence-electron chi connectivity index (χ2n) is 8.88. The van der Waals surface area contributed by atoms with Gasteiger partial charge >= 0.3 is 0 Å². The van der Waals surface area contributed by atoms with Crippen molar-refractivity contribution in [2.75, 3.05) is 13.1 Å². The Balaban J connectivity index is 0.00000218. The molecule has 3 fully saturated rings. The van der Waals surface area contributed by atoms with Gasteiger partial charge in [-0.2, -0.15) is 0 Å². The first-order chi connectivity index (χ1) is 14.2. The average molecular weight is 422 g/mol. The summed E-state index contributed by atoms with van der Waals surface area (Å²) in [7, 11) is 0. The number of para-hydroxylation sites is 1. The van der Waals surface area contributed by atoms with Gasteiger partial charge in [0.05, 0.1) is 18.6 Å². The molecule has 2 bridgehead atoms. The zero-order valence-corrected chi connectivity index (χ0v) is 18.0. The molecular weight excluding hydrogens is 392 g/mol. The molecular formula is C26H30ClN2O+. The van der Waals surface area contributed by atoms with Crippen molar-refractivity contribution in [2.24, 2.45) is 11.8 Å². The summed E-state index contributed by atoms with van der Waals surface area (Å²) in [5.74, 6) is 1.18. The molecule has 0 aliphatic carbocycles. The molecule has 4 heterocycles. The van der Waals surface area contributed by atoms with Crippen LogP contribution in [0.15, 0.2) is 79.5 Å². The van der Waals surface area contributed by atoms with E-state index in [2.05, 4.69) is 54.0 Å². The van der Waals surface area contributed by atoms with Gasteiger partial charge in [0.2, 0.25) is 0 Å². The van der Waals surface area contributed by atoms with E-state index >= 15 is 0 Å². The van der Waals surface area contributed by atoms with Gasteiger partial charge in [-0.05, 0) is 23.6 Å². The lowest BCUT2D eigenvalue weighted by Crippen LogP contribution is -2.67. The lowest BCUT2D eigenvalue weighted by atomic mass is 9.71. The maximum Gasteiger partial charge on any atom is 0.131 e. The Bertz CT molecular complexity index is 1020. The summed E-state index contributed by atoms with van der Waals surface area (Å²) in [4.78, 5) is 4.50. The number of fused-ring (bicyclic) bond motifs is 4. The molecule has 4 heteroatoms. The largest absolute Gasteiger partial charge is 0.382 e. The van der Waals surface area contributed by atoms with E-state index in [1.54, 1.807) is 0 Å². The number of rotatable bonds is 5. The summed E-state index contributed by atoms with van der Waals surface area (Å²) in [6, 6.07) is 21.2. The standard InChI is InChI=1S/C26H29N2O.ClH/c1-2-20-18-28(17-19-8-4-3-5-9-19)15-13-21(20)16-25(28)26(29)23-12-14-27-24-11-7-6-10-22(23)24;/h2-12,14,20-21,25-26,29H,1,13,15-18H2;1H/q+1;/t20?,21-,25?,26?,28?;/m0./s1. The highest BCUT2D eigenvalue weighted by atomic mass is 35.5. The van der Waals surface area contributed by atoms with Crippen LogP contribution in [0.4, 0.5) is 0 Å². The summed E-state index contributed by atoms with van der Waals surface area (Å²) in [6.45, 7) is 7.32. The van der Waals surface area contributed by atoms with Gasteiger partial charge in [-0.15, -0.1) is 19.0 Å². The lowest BCUT2D eigenvalue weighted by molar-refractivity contribution is -0.984. The summed E-state index contributed by atoms with van der Waals surface area (Å²) >= 11 is 0. The molecule has 0 saturated carbocycles. The van der Waals surface area contributed by atoms with E-state index in [0.29, 0.717) is 11.8 Å². The summed E-state index contributed by atoms with van der Waals surface area (Å²) in [6.07, 6.45) is 5.79. The van der Waals surface area contributed by atoms with Gasteiger partial charge in [-0.1, -0.05) is 54.6 Å². The van der Waals surface area contributed by atoms with Crippen LogP contribution in [-0.4, -0.2) is 33.7 Å². The zero-order valence-electron chi connectivity index (χ0n) is 17.2. The first kappa shape index (κ1) is 21.0. The predicted molar refractivity (Wildman–Crippen MR) is 124 cm³/mol. The summed E-state index contributed by atoms with van der Waals surface area (Å²) in [5.41, 5.74) is 3.33. The fourth-order valence-electron chi connectivity index (χ4n) is 5.91. The van der Waals surface area contributed by atoms with Gasteiger partial charge < -0.3 is 9.59 Å². The van der Waals surface area contributed by atoms with Gasteiger partial charge in [0.25, 0.3) is 0 Å². The van der Waals surface area contributed by atoms with Crippen LogP contribution in [-0.2, 0) is 6.54 Å². The fourth-order valence-corrected chi connectivity index (χ4v) is 5.91. The van der Waals surface area contributed by atoms with E-state index in [4.69, 9.17) is 0 Å². The van der Waals surface area contributed by atoms with Crippen LogP contribution < -0.4 is 0 Å². The van der Waals surface area contributed by atoms with Gasteiger partial charge in [0, 0.05) is 35.9 Å². The Labute approximate surface area is 185 Å². The second kappa shape index (κ2) is 8.50. The highest BCUT2D eigenvalue weighted by Crippen LogP contribution is 2.47. The third-order valence-electron chi connectivity index (χ3n) is 7.38. The molecule has 6 rings (SSSR count). The third kappa shape index (κ3) is 3.56. The Kier molecular flexibility index (Phi) is 5.97. The molecule has 3 aliphatic heterocycles. The SMILES string of the molecule is C=CC1C[N+]2(Cc3ccccc3)CC[C@H]1CC2C(O)c1ccnc2ccccc12.Cl. The Hall–Kier alpha value is -2.20. The summed E-state index contributed by atoms with van der Waals surface area (Å²) < 4.78 is 0.953. The minimum absolute atomic E-state index is 0. The maximum atomic E-state index is 11.7. The Morgan fingerprint density at radius 1 is 1.10 bits per heavy atom. The van der Waals surface area contributed by atoms with Gasteiger partial charge in [-0.3, -0.25) is 4.98 Å². The van der Waals surface area contributed by atoms with Crippen molar-refractivity contribution < 1.29 is 9.59 Å². The molecule has 0 amide bonds. The fraction of sp³-hybridized carbons (Fsp3) is 0.346. The molecule has 0 spiro atoms. The van der Waals surface area contributed by atoms with Crippen LogP contribution in [0.3, 0.4) is 0 Å². The van der Waals surface area contributed by atoms with Gasteiger partial charge in [0.1, 0.15) is 18.7 Å². The smallest absolute Gasteiger partial charge is 0.131 e. The van der Waals surface area contributed by atoms with E-state index < -0.39 is 6.10 Å². The number of aliphatic hydroxyl groups is 1. The Morgan fingerprint density at radius 3 is 2.67 bits per heavy atom. The monoisotopic (exact) mass is 421 g/mol. The van der Waals surface area contributed by atoms with E-state index in [9.17, 15) is 5.11 Å². The quantitative estimate of drug-likeness (QED) is 0.447. The van der Waals surface area contributed by atoms with Crippen LogP contribution in [0.1, 0.15) is 30.1 Å². The van der Waals surface area contributed by atoms with Crippen LogP contribution >= 0.6 is 12.4 Å². The number of nitrogens with zero attached hydrogens (tertiary/aromatic N) is 2. The lowest BCUT2D eigenvalue weighted by Gasteiger charge is -2.58. The minimum Gasteiger partial charge on any atom is -0.382 e. The molecule has 3 nitrogen and oxygen atoms in total. The number of benzene rings is 2. The van der Waals surface area contributed by atoms with Crippen molar-refractivity contribution in [1.29, 1.82) is 0 Å². The molecule has 30 heavy (non-hydrogen) atoms. The maximum absolute atomic E-state index is 11.7. The number of quaternary nitrogens is 1. The molecule has 3 aliphatic rings. The number of piperidine rings is 3. The summed E-state index contributed by atoms with van der Waals surface area (Å²) in [5, 5.41) is 12.8. The van der Waals surface area contributed by atoms with Crippen LogP contribution in [0.2, 0.25) is 0 Å². The minimum atomic E-state index is -0.486. The normalized spacial score (nSPS) is 28.6. The second-order valence-corrected chi connectivity index (χ2v) is 8.88. The van der Waals surface area contributed by atoms with Crippen molar-refractivity contribution >= 4 is 23.3 Å². The van der Waals surface area contributed by atoms with Crippen LogP contribution in [0, 0.1) is 11.8 Å². The van der Waals surface area contributed by atoms with Gasteiger partial charge in [-0.25, -0.2) is 0 Å².